The van der Waals surface area contributed by atoms with Crippen LogP contribution in [0.2, 0.25) is 0 Å². The Hall–Kier alpha value is -0.630. The second-order valence-corrected chi connectivity index (χ2v) is 3.59. The first-order chi connectivity index (χ1) is 6.27. The molecule has 0 unspecified atom stereocenters. The highest BCUT2D eigenvalue weighted by Crippen LogP contribution is 2.21. The molecule has 1 aromatic carbocycles. The van der Waals surface area contributed by atoms with Crippen molar-refractivity contribution in [2.75, 3.05) is 12.9 Å². The number of rotatable bonds is 4. The maximum Gasteiger partial charge on any atom is 0.122 e. The van der Waals surface area contributed by atoms with Crippen LogP contribution >= 0.6 is 12.6 Å². The summed E-state index contributed by atoms with van der Waals surface area (Å²) in [5, 5.41) is 0. The standard InChI is InChI=1S/C11H16OS/c1-9-5-6-10(4-3-7-13)11(8-9)12-2/h5-6,8,13H,3-4,7H2,1-2H3. The Morgan fingerprint density at radius 1 is 1.38 bits per heavy atom. The molecule has 0 atom stereocenters. The molecule has 0 aromatic heterocycles. The summed E-state index contributed by atoms with van der Waals surface area (Å²) in [6.07, 6.45) is 2.15. The zero-order chi connectivity index (χ0) is 9.68. The maximum atomic E-state index is 5.30. The van der Waals surface area contributed by atoms with Crippen LogP contribution in [0.25, 0.3) is 0 Å². The Morgan fingerprint density at radius 3 is 2.77 bits per heavy atom. The fourth-order valence-corrected chi connectivity index (χ4v) is 1.49. The van der Waals surface area contributed by atoms with Gasteiger partial charge in [0.1, 0.15) is 5.75 Å². The molecule has 0 fully saturated rings. The van der Waals surface area contributed by atoms with Crippen LogP contribution in [0.3, 0.4) is 0 Å². The molecule has 2 heteroatoms. The Balaban J connectivity index is 2.79. The van der Waals surface area contributed by atoms with Gasteiger partial charge in [-0.3, -0.25) is 0 Å². The van der Waals surface area contributed by atoms with E-state index in [0.717, 1.165) is 24.3 Å². The van der Waals surface area contributed by atoms with Gasteiger partial charge in [-0.2, -0.15) is 12.6 Å². The number of hydrogen-bond acceptors (Lipinski definition) is 2. The molecule has 1 rings (SSSR count). The summed E-state index contributed by atoms with van der Waals surface area (Å²) in [6, 6.07) is 6.34. The van der Waals surface area contributed by atoms with Gasteiger partial charge in [-0.05, 0) is 42.7 Å². The van der Waals surface area contributed by atoms with Gasteiger partial charge in [0.2, 0.25) is 0 Å². The molecule has 0 bridgehead atoms. The fourth-order valence-electron chi connectivity index (χ4n) is 1.33. The Bertz CT molecular complexity index is 271. The summed E-state index contributed by atoms with van der Waals surface area (Å²) in [4.78, 5) is 0. The van der Waals surface area contributed by atoms with Gasteiger partial charge in [-0.15, -0.1) is 0 Å². The molecule has 0 radical (unpaired) electrons. The van der Waals surface area contributed by atoms with Crippen molar-refractivity contribution in [3.05, 3.63) is 29.3 Å². The van der Waals surface area contributed by atoms with Gasteiger partial charge in [0.05, 0.1) is 7.11 Å². The second kappa shape index (κ2) is 5.18. The number of benzene rings is 1. The summed E-state index contributed by atoms with van der Waals surface area (Å²) < 4.78 is 5.30. The largest absolute Gasteiger partial charge is 0.496 e. The zero-order valence-corrected chi connectivity index (χ0v) is 9.10. The van der Waals surface area contributed by atoms with Crippen molar-refractivity contribution in [1.29, 1.82) is 0 Å². The number of ether oxygens (including phenoxy) is 1. The fraction of sp³-hybridized carbons (Fsp3) is 0.455. The van der Waals surface area contributed by atoms with E-state index in [4.69, 9.17) is 4.74 Å². The van der Waals surface area contributed by atoms with Gasteiger partial charge in [0, 0.05) is 0 Å². The molecule has 0 spiro atoms. The third-order valence-corrected chi connectivity index (χ3v) is 2.36. The molecule has 0 saturated heterocycles. The summed E-state index contributed by atoms with van der Waals surface area (Å²) >= 11 is 4.19. The molecule has 0 aliphatic heterocycles. The van der Waals surface area contributed by atoms with Gasteiger partial charge < -0.3 is 4.74 Å². The number of methoxy groups -OCH3 is 1. The molecule has 0 aliphatic rings. The van der Waals surface area contributed by atoms with Crippen LogP contribution in [0.4, 0.5) is 0 Å². The van der Waals surface area contributed by atoms with Gasteiger partial charge >= 0.3 is 0 Å². The minimum atomic E-state index is 0.928. The monoisotopic (exact) mass is 196 g/mol. The van der Waals surface area contributed by atoms with Gasteiger partial charge in [-0.1, -0.05) is 12.1 Å². The van der Waals surface area contributed by atoms with E-state index in [9.17, 15) is 0 Å². The highest BCUT2D eigenvalue weighted by molar-refractivity contribution is 7.80. The average molecular weight is 196 g/mol. The third kappa shape index (κ3) is 2.96. The zero-order valence-electron chi connectivity index (χ0n) is 8.21. The minimum Gasteiger partial charge on any atom is -0.496 e. The highest BCUT2D eigenvalue weighted by Gasteiger charge is 2.01. The first-order valence-electron chi connectivity index (χ1n) is 4.52. The van der Waals surface area contributed by atoms with Crippen molar-refractivity contribution in [3.63, 3.8) is 0 Å². The summed E-state index contributed by atoms with van der Waals surface area (Å²) in [5.74, 6) is 1.93. The van der Waals surface area contributed by atoms with Crippen molar-refractivity contribution in [2.24, 2.45) is 0 Å². The van der Waals surface area contributed by atoms with E-state index in [-0.39, 0.29) is 0 Å². The minimum absolute atomic E-state index is 0.928. The van der Waals surface area contributed by atoms with Crippen LogP contribution in [-0.2, 0) is 6.42 Å². The molecule has 1 aromatic rings. The van der Waals surface area contributed by atoms with Crippen LogP contribution in [0.5, 0.6) is 5.75 Å². The molecule has 72 valence electrons. The molecular formula is C11H16OS. The van der Waals surface area contributed by atoms with E-state index in [2.05, 4.69) is 37.8 Å². The van der Waals surface area contributed by atoms with Gasteiger partial charge in [0.15, 0.2) is 0 Å². The summed E-state index contributed by atoms with van der Waals surface area (Å²) in [6.45, 7) is 2.07. The first-order valence-corrected chi connectivity index (χ1v) is 5.15. The van der Waals surface area contributed by atoms with Crippen molar-refractivity contribution in [3.8, 4) is 5.75 Å². The van der Waals surface area contributed by atoms with E-state index in [1.807, 2.05) is 0 Å². The molecule has 13 heavy (non-hydrogen) atoms. The SMILES string of the molecule is COc1cc(C)ccc1CCCS. The maximum absolute atomic E-state index is 5.30. The van der Waals surface area contributed by atoms with E-state index >= 15 is 0 Å². The Kier molecular flexibility index (Phi) is 4.16. The number of hydrogen-bond donors (Lipinski definition) is 1. The van der Waals surface area contributed by atoms with E-state index < -0.39 is 0 Å². The molecule has 0 aliphatic carbocycles. The van der Waals surface area contributed by atoms with Crippen LogP contribution in [0.1, 0.15) is 17.5 Å². The van der Waals surface area contributed by atoms with Crippen molar-refractivity contribution in [1.82, 2.24) is 0 Å². The second-order valence-electron chi connectivity index (χ2n) is 3.14. The third-order valence-electron chi connectivity index (χ3n) is 2.05. The van der Waals surface area contributed by atoms with Crippen molar-refractivity contribution < 1.29 is 4.74 Å². The normalized spacial score (nSPS) is 10.1. The van der Waals surface area contributed by atoms with Crippen LogP contribution in [0, 0.1) is 6.92 Å². The van der Waals surface area contributed by atoms with Crippen molar-refractivity contribution >= 4 is 12.6 Å². The Labute approximate surface area is 85.5 Å². The van der Waals surface area contributed by atoms with Crippen LogP contribution in [-0.4, -0.2) is 12.9 Å². The van der Waals surface area contributed by atoms with Gasteiger partial charge in [-0.25, -0.2) is 0 Å². The highest BCUT2D eigenvalue weighted by atomic mass is 32.1. The molecule has 0 amide bonds. The van der Waals surface area contributed by atoms with E-state index in [1.54, 1.807) is 7.11 Å². The van der Waals surface area contributed by atoms with Gasteiger partial charge in [0.25, 0.3) is 0 Å². The van der Waals surface area contributed by atoms with Crippen LogP contribution in [0.15, 0.2) is 18.2 Å². The summed E-state index contributed by atoms with van der Waals surface area (Å²) in [5.41, 5.74) is 2.52. The molecule has 0 N–H and O–H groups in total. The first kappa shape index (κ1) is 10.5. The van der Waals surface area contributed by atoms with Crippen molar-refractivity contribution in [2.45, 2.75) is 19.8 Å². The predicted octanol–water partition coefficient (Wildman–Crippen LogP) is 2.87. The lowest BCUT2D eigenvalue weighted by molar-refractivity contribution is 0.409. The number of thiol groups is 1. The summed E-state index contributed by atoms with van der Waals surface area (Å²) in [7, 11) is 1.72. The number of aryl methyl sites for hydroxylation is 2. The molecular weight excluding hydrogens is 180 g/mol. The quantitative estimate of drug-likeness (QED) is 0.729. The Morgan fingerprint density at radius 2 is 2.15 bits per heavy atom. The molecule has 0 heterocycles. The van der Waals surface area contributed by atoms with E-state index in [1.165, 1.54) is 11.1 Å². The topological polar surface area (TPSA) is 9.23 Å². The molecule has 1 nitrogen and oxygen atoms in total. The lowest BCUT2D eigenvalue weighted by Crippen LogP contribution is -1.93. The lowest BCUT2D eigenvalue weighted by Gasteiger charge is -2.08. The average Bonchev–Trinajstić information content (AvgIpc) is 2.16. The van der Waals surface area contributed by atoms with Crippen LogP contribution < -0.4 is 4.74 Å². The predicted molar refractivity (Wildman–Crippen MR) is 59.9 cm³/mol. The smallest absolute Gasteiger partial charge is 0.122 e. The van der Waals surface area contributed by atoms with E-state index in [0.29, 0.717) is 0 Å². The lowest BCUT2D eigenvalue weighted by atomic mass is 10.1. The molecule has 0 saturated carbocycles.